The number of carbonyl (C=O) groups is 2. The first-order valence-electron chi connectivity index (χ1n) is 5.46. The number of rotatable bonds is 5. The van der Waals surface area contributed by atoms with E-state index in [0.29, 0.717) is 6.42 Å². The third-order valence-electron chi connectivity index (χ3n) is 2.30. The van der Waals surface area contributed by atoms with E-state index in [0.717, 1.165) is 11.4 Å². The number of hydrogen-bond donors (Lipinski definition) is 3. The van der Waals surface area contributed by atoms with Gasteiger partial charge in [-0.15, -0.1) is 0 Å². The maximum absolute atomic E-state index is 11.1. The predicted octanol–water partition coefficient (Wildman–Crippen LogP) is 1.32. The number of nitrogens with two attached hydrogens (primary N) is 1. The molecule has 0 aliphatic carbocycles. The molecule has 5 nitrogen and oxygen atoms in total. The second-order valence-corrected chi connectivity index (χ2v) is 3.77. The van der Waals surface area contributed by atoms with Gasteiger partial charge in [0.25, 0.3) is 0 Å². The largest absolute Gasteiger partial charge is 0.374 e. The topological polar surface area (TPSA) is 84.2 Å². The number of amides is 2. The Kier molecular flexibility index (Phi) is 4.51. The molecule has 0 radical (unpaired) electrons. The lowest BCUT2D eigenvalue weighted by Crippen LogP contribution is -2.34. The van der Waals surface area contributed by atoms with E-state index in [2.05, 4.69) is 10.6 Å². The van der Waals surface area contributed by atoms with Gasteiger partial charge in [-0.25, -0.2) is 0 Å². The Hall–Kier alpha value is -2.04. The number of carbonyl (C=O) groups excluding carboxylic acids is 2. The number of anilines is 2. The van der Waals surface area contributed by atoms with Crippen molar-refractivity contribution in [1.29, 1.82) is 0 Å². The molecule has 92 valence electrons. The van der Waals surface area contributed by atoms with Crippen LogP contribution in [0.3, 0.4) is 0 Å². The molecule has 0 saturated heterocycles. The molecule has 17 heavy (non-hydrogen) atoms. The van der Waals surface area contributed by atoms with Crippen LogP contribution in [0, 0.1) is 0 Å². The van der Waals surface area contributed by atoms with Crippen LogP contribution in [0.5, 0.6) is 0 Å². The Labute approximate surface area is 100 Å². The summed E-state index contributed by atoms with van der Waals surface area (Å²) in [7, 11) is 0. The molecular formula is C12H17N3O2. The molecule has 1 aromatic rings. The molecule has 0 aliphatic rings. The molecule has 4 N–H and O–H groups in total. The molecule has 0 fully saturated rings. The summed E-state index contributed by atoms with van der Waals surface area (Å²) in [6.45, 7) is 3.33. The Morgan fingerprint density at radius 2 is 1.76 bits per heavy atom. The Balaban J connectivity index is 2.67. The van der Waals surface area contributed by atoms with Crippen LogP contribution in [-0.4, -0.2) is 17.9 Å². The second kappa shape index (κ2) is 5.89. The summed E-state index contributed by atoms with van der Waals surface area (Å²) in [6.07, 6.45) is 0.628. The monoisotopic (exact) mass is 235 g/mol. The smallest absolute Gasteiger partial charge is 0.239 e. The molecule has 0 aliphatic heterocycles. The van der Waals surface area contributed by atoms with Crippen molar-refractivity contribution in [2.24, 2.45) is 5.73 Å². The highest BCUT2D eigenvalue weighted by atomic mass is 16.1. The lowest BCUT2D eigenvalue weighted by molar-refractivity contribution is -0.118. The number of hydrogen-bond acceptors (Lipinski definition) is 3. The van der Waals surface area contributed by atoms with Gasteiger partial charge in [-0.05, 0) is 30.7 Å². The van der Waals surface area contributed by atoms with Gasteiger partial charge in [-0.1, -0.05) is 6.92 Å². The van der Waals surface area contributed by atoms with Gasteiger partial charge in [0.2, 0.25) is 11.8 Å². The minimum atomic E-state index is -0.376. The van der Waals surface area contributed by atoms with Crippen molar-refractivity contribution in [1.82, 2.24) is 0 Å². The second-order valence-electron chi connectivity index (χ2n) is 3.77. The summed E-state index contributed by atoms with van der Waals surface area (Å²) in [4.78, 5) is 21.9. The van der Waals surface area contributed by atoms with Crippen molar-refractivity contribution < 1.29 is 9.59 Å². The molecule has 0 spiro atoms. The van der Waals surface area contributed by atoms with Crippen molar-refractivity contribution in [3.05, 3.63) is 24.3 Å². The highest BCUT2D eigenvalue weighted by Crippen LogP contribution is 2.14. The van der Waals surface area contributed by atoms with E-state index in [4.69, 9.17) is 5.73 Å². The van der Waals surface area contributed by atoms with E-state index in [9.17, 15) is 9.59 Å². The van der Waals surface area contributed by atoms with Crippen molar-refractivity contribution in [2.45, 2.75) is 26.3 Å². The molecule has 1 aromatic carbocycles. The SMILES string of the molecule is CCC(Nc1ccc(NC(C)=O)cc1)C(N)=O. The molecule has 0 aromatic heterocycles. The molecule has 0 saturated carbocycles. The molecule has 1 atom stereocenters. The molecular weight excluding hydrogens is 218 g/mol. The third kappa shape index (κ3) is 4.14. The fourth-order valence-corrected chi connectivity index (χ4v) is 1.43. The van der Waals surface area contributed by atoms with Crippen LogP contribution in [0.1, 0.15) is 20.3 Å². The van der Waals surface area contributed by atoms with Crippen LogP contribution in [0.4, 0.5) is 11.4 Å². The van der Waals surface area contributed by atoms with Crippen LogP contribution in [0.25, 0.3) is 0 Å². The zero-order valence-electron chi connectivity index (χ0n) is 9.99. The van der Waals surface area contributed by atoms with E-state index in [-0.39, 0.29) is 17.9 Å². The number of benzene rings is 1. The maximum Gasteiger partial charge on any atom is 0.239 e. The van der Waals surface area contributed by atoms with Gasteiger partial charge in [-0.2, -0.15) is 0 Å². The number of primary amides is 1. The molecule has 5 heteroatoms. The zero-order valence-corrected chi connectivity index (χ0v) is 9.99. The Morgan fingerprint density at radius 1 is 1.24 bits per heavy atom. The van der Waals surface area contributed by atoms with Crippen molar-refractivity contribution in [3.63, 3.8) is 0 Å². The summed E-state index contributed by atoms with van der Waals surface area (Å²) in [6, 6.07) is 6.73. The van der Waals surface area contributed by atoms with Gasteiger partial charge in [0.1, 0.15) is 6.04 Å². The minimum Gasteiger partial charge on any atom is -0.374 e. The van der Waals surface area contributed by atoms with Crippen LogP contribution in [-0.2, 0) is 9.59 Å². The van der Waals surface area contributed by atoms with Crippen molar-refractivity contribution in [3.8, 4) is 0 Å². The normalized spacial score (nSPS) is 11.6. The average Bonchev–Trinajstić information content (AvgIpc) is 2.26. The van der Waals surface area contributed by atoms with Gasteiger partial charge in [0, 0.05) is 18.3 Å². The Bertz CT molecular complexity index is 401. The molecule has 2 amide bonds. The van der Waals surface area contributed by atoms with Crippen molar-refractivity contribution >= 4 is 23.2 Å². The summed E-state index contributed by atoms with van der Waals surface area (Å²) >= 11 is 0. The van der Waals surface area contributed by atoms with E-state index in [1.807, 2.05) is 6.92 Å². The Morgan fingerprint density at radius 3 is 2.18 bits per heavy atom. The summed E-state index contributed by atoms with van der Waals surface area (Å²) in [5.74, 6) is -0.493. The van der Waals surface area contributed by atoms with E-state index < -0.39 is 0 Å². The minimum absolute atomic E-state index is 0.116. The highest BCUT2D eigenvalue weighted by Gasteiger charge is 2.11. The summed E-state index contributed by atoms with van der Waals surface area (Å²) in [5.41, 5.74) is 6.75. The van der Waals surface area contributed by atoms with E-state index in [1.54, 1.807) is 24.3 Å². The average molecular weight is 235 g/mol. The molecule has 1 unspecified atom stereocenters. The highest BCUT2D eigenvalue weighted by molar-refractivity contribution is 5.89. The van der Waals surface area contributed by atoms with Crippen LogP contribution in [0.2, 0.25) is 0 Å². The van der Waals surface area contributed by atoms with Gasteiger partial charge in [0.05, 0.1) is 0 Å². The molecule has 1 rings (SSSR count). The summed E-state index contributed by atoms with van der Waals surface area (Å²) < 4.78 is 0. The fraction of sp³-hybridized carbons (Fsp3) is 0.333. The van der Waals surface area contributed by atoms with Gasteiger partial charge >= 0.3 is 0 Å². The fourth-order valence-electron chi connectivity index (χ4n) is 1.43. The zero-order chi connectivity index (χ0) is 12.8. The lowest BCUT2D eigenvalue weighted by Gasteiger charge is -2.14. The predicted molar refractivity (Wildman–Crippen MR) is 67.6 cm³/mol. The first-order chi connectivity index (χ1) is 8.02. The van der Waals surface area contributed by atoms with Gasteiger partial charge in [0.15, 0.2) is 0 Å². The first-order valence-corrected chi connectivity index (χ1v) is 5.46. The summed E-state index contributed by atoms with van der Waals surface area (Å²) in [5, 5.41) is 5.69. The quantitative estimate of drug-likeness (QED) is 0.719. The van der Waals surface area contributed by atoms with Crippen molar-refractivity contribution in [2.75, 3.05) is 10.6 Å². The van der Waals surface area contributed by atoms with E-state index >= 15 is 0 Å². The van der Waals surface area contributed by atoms with Gasteiger partial charge < -0.3 is 16.4 Å². The van der Waals surface area contributed by atoms with Crippen LogP contribution < -0.4 is 16.4 Å². The van der Waals surface area contributed by atoms with Gasteiger partial charge in [-0.3, -0.25) is 9.59 Å². The molecule has 0 heterocycles. The van der Waals surface area contributed by atoms with E-state index in [1.165, 1.54) is 6.92 Å². The first kappa shape index (κ1) is 13.0. The van der Waals surface area contributed by atoms with Crippen LogP contribution >= 0.6 is 0 Å². The maximum atomic E-state index is 11.1. The van der Waals surface area contributed by atoms with Crippen LogP contribution in [0.15, 0.2) is 24.3 Å². The molecule has 0 bridgehead atoms. The standard InChI is InChI=1S/C12H17N3O2/c1-3-11(12(13)17)15-10-6-4-9(5-7-10)14-8(2)16/h4-7,11,15H,3H2,1-2H3,(H2,13,17)(H,14,16). The number of nitrogens with one attached hydrogen (secondary N) is 2. The third-order valence-corrected chi connectivity index (χ3v) is 2.30. The lowest BCUT2D eigenvalue weighted by atomic mass is 10.2.